The van der Waals surface area contributed by atoms with Crippen LogP contribution in [0.2, 0.25) is 0 Å². The van der Waals surface area contributed by atoms with Gasteiger partial charge in [0.2, 0.25) is 0 Å². The number of amides is 1. The van der Waals surface area contributed by atoms with E-state index < -0.39 is 10.8 Å². The second kappa shape index (κ2) is 3.74. The number of carbonyl (C=O) groups is 1. The largest absolute Gasteiger partial charge is 0.433 e. The Bertz CT molecular complexity index is 509. The highest BCUT2D eigenvalue weighted by molar-refractivity contribution is 7.12. The molecular formula is C8H5N3O4S. The van der Waals surface area contributed by atoms with E-state index in [0.717, 1.165) is 11.3 Å². The number of rotatable bonds is 3. The normalized spacial score (nSPS) is 10.2. The van der Waals surface area contributed by atoms with E-state index in [0.29, 0.717) is 5.69 Å². The Balaban J connectivity index is 2.35. The van der Waals surface area contributed by atoms with Gasteiger partial charge < -0.3 is 10.2 Å². The molecule has 0 saturated heterocycles. The predicted molar refractivity (Wildman–Crippen MR) is 55.0 cm³/mol. The number of thiazole rings is 1. The van der Waals surface area contributed by atoms with Gasteiger partial charge in [0.1, 0.15) is 10.6 Å². The van der Waals surface area contributed by atoms with Crippen LogP contribution in [0.5, 0.6) is 0 Å². The molecule has 0 saturated carbocycles. The second-order valence-corrected chi connectivity index (χ2v) is 3.66. The Hall–Kier alpha value is -2.22. The Kier molecular flexibility index (Phi) is 2.41. The smallest absolute Gasteiger partial charge is 0.399 e. The van der Waals surface area contributed by atoms with Gasteiger partial charge in [0.05, 0.1) is 6.07 Å². The Morgan fingerprint density at radius 1 is 1.56 bits per heavy atom. The third-order valence-electron chi connectivity index (χ3n) is 1.74. The molecule has 2 N–H and O–H groups in total. The highest BCUT2D eigenvalue weighted by Gasteiger charge is 2.16. The van der Waals surface area contributed by atoms with Crippen LogP contribution in [0.15, 0.2) is 21.9 Å². The molecule has 0 unspecified atom stereocenters. The maximum absolute atomic E-state index is 10.8. The second-order valence-electron chi connectivity index (χ2n) is 2.80. The summed E-state index contributed by atoms with van der Waals surface area (Å²) in [5.74, 6) is -0.781. The summed E-state index contributed by atoms with van der Waals surface area (Å²) in [4.78, 5) is 24.4. The van der Waals surface area contributed by atoms with E-state index in [-0.39, 0.29) is 16.7 Å². The van der Waals surface area contributed by atoms with Gasteiger partial charge in [0, 0.05) is 5.38 Å². The first-order valence-corrected chi connectivity index (χ1v) is 4.96. The standard InChI is InChI=1S/C8H5N3O4S/c9-7(12)8-10-4(3-16-8)5-1-2-6(15-5)11(13)14/h1-3H,(H2,9,12). The minimum absolute atomic E-state index is 0.133. The van der Waals surface area contributed by atoms with Gasteiger partial charge in [0.15, 0.2) is 10.8 Å². The molecule has 0 aliphatic rings. The van der Waals surface area contributed by atoms with E-state index in [2.05, 4.69) is 4.98 Å². The molecule has 16 heavy (non-hydrogen) atoms. The zero-order chi connectivity index (χ0) is 11.7. The summed E-state index contributed by atoms with van der Waals surface area (Å²) < 4.78 is 4.92. The van der Waals surface area contributed by atoms with Gasteiger partial charge in [-0.3, -0.25) is 14.9 Å². The first-order chi connectivity index (χ1) is 7.58. The summed E-state index contributed by atoms with van der Waals surface area (Å²) >= 11 is 1.05. The van der Waals surface area contributed by atoms with Crippen molar-refractivity contribution in [1.29, 1.82) is 0 Å². The van der Waals surface area contributed by atoms with Gasteiger partial charge in [-0.05, 0) is 6.07 Å². The summed E-state index contributed by atoms with van der Waals surface area (Å²) in [6.07, 6.45) is 0. The van der Waals surface area contributed by atoms with Crippen molar-refractivity contribution in [3.05, 3.63) is 32.6 Å². The van der Waals surface area contributed by atoms with Gasteiger partial charge in [-0.25, -0.2) is 4.98 Å². The molecule has 0 spiro atoms. The van der Waals surface area contributed by atoms with Crippen molar-refractivity contribution < 1.29 is 14.1 Å². The van der Waals surface area contributed by atoms with Gasteiger partial charge in [0.25, 0.3) is 5.91 Å². The molecule has 0 aliphatic heterocycles. The van der Waals surface area contributed by atoms with Crippen LogP contribution in [0, 0.1) is 10.1 Å². The first kappa shape index (κ1) is 10.3. The number of nitro groups is 1. The Labute approximate surface area is 92.7 Å². The zero-order valence-electron chi connectivity index (χ0n) is 7.75. The van der Waals surface area contributed by atoms with Crippen LogP contribution in [0.1, 0.15) is 9.80 Å². The van der Waals surface area contributed by atoms with Crippen molar-refractivity contribution in [2.45, 2.75) is 0 Å². The van der Waals surface area contributed by atoms with Gasteiger partial charge >= 0.3 is 5.88 Å². The first-order valence-electron chi connectivity index (χ1n) is 4.08. The van der Waals surface area contributed by atoms with E-state index in [1.165, 1.54) is 12.1 Å². The maximum Gasteiger partial charge on any atom is 0.433 e. The molecule has 0 bridgehead atoms. The fourth-order valence-corrected chi connectivity index (χ4v) is 1.72. The molecule has 1 amide bonds. The molecule has 0 aromatic carbocycles. The fourth-order valence-electron chi connectivity index (χ4n) is 1.06. The molecule has 7 nitrogen and oxygen atoms in total. The molecule has 2 heterocycles. The highest BCUT2D eigenvalue weighted by atomic mass is 32.1. The lowest BCUT2D eigenvalue weighted by Gasteiger charge is -1.87. The van der Waals surface area contributed by atoms with Crippen molar-refractivity contribution in [3.8, 4) is 11.5 Å². The number of furan rings is 1. The molecule has 0 fully saturated rings. The molecule has 0 aliphatic carbocycles. The molecule has 0 radical (unpaired) electrons. The topological polar surface area (TPSA) is 112 Å². The minimum Gasteiger partial charge on any atom is -0.399 e. The van der Waals surface area contributed by atoms with E-state index >= 15 is 0 Å². The average Bonchev–Trinajstić information content (AvgIpc) is 2.86. The summed E-state index contributed by atoms with van der Waals surface area (Å²) in [5.41, 5.74) is 5.38. The van der Waals surface area contributed by atoms with Crippen molar-refractivity contribution >= 4 is 23.1 Å². The Morgan fingerprint density at radius 3 is 2.81 bits per heavy atom. The molecule has 2 rings (SSSR count). The third-order valence-corrected chi connectivity index (χ3v) is 2.60. The molecule has 82 valence electrons. The number of hydrogen-bond acceptors (Lipinski definition) is 6. The van der Waals surface area contributed by atoms with Crippen molar-refractivity contribution in [1.82, 2.24) is 4.98 Å². The van der Waals surface area contributed by atoms with Crippen molar-refractivity contribution in [2.75, 3.05) is 0 Å². The van der Waals surface area contributed by atoms with Crippen LogP contribution in [0.3, 0.4) is 0 Å². The summed E-state index contributed by atoms with van der Waals surface area (Å²) in [6, 6.07) is 2.64. The number of nitrogens with two attached hydrogens (primary N) is 1. The number of hydrogen-bond donors (Lipinski definition) is 1. The Morgan fingerprint density at radius 2 is 2.31 bits per heavy atom. The SMILES string of the molecule is NC(=O)c1nc(-c2ccc([N+](=O)[O-])o2)cs1. The lowest BCUT2D eigenvalue weighted by molar-refractivity contribution is -0.401. The van der Waals surface area contributed by atoms with E-state index in [9.17, 15) is 14.9 Å². The summed E-state index contributed by atoms with van der Waals surface area (Å²) in [6.45, 7) is 0. The summed E-state index contributed by atoms with van der Waals surface area (Å²) in [5, 5.41) is 12.1. The number of aromatic nitrogens is 1. The number of nitrogens with zero attached hydrogens (tertiary/aromatic N) is 2. The van der Waals surface area contributed by atoms with Crippen LogP contribution in [-0.2, 0) is 0 Å². The molecular weight excluding hydrogens is 234 g/mol. The van der Waals surface area contributed by atoms with E-state index in [1.807, 2.05) is 0 Å². The maximum atomic E-state index is 10.8. The van der Waals surface area contributed by atoms with E-state index in [1.54, 1.807) is 5.38 Å². The molecule has 2 aromatic rings. The lowest BCUT2D eigenvalue weighted by Crippen LogP contribution is -2.09. The average molecular weight is 239 g/mol. The third kappa shape index (κ3) is 1.77. The van der Waals surface area contributed by atoms with Crippen molar-refractivity contribution in [2.24, 2.45) is 5.73 Å². The van der Waals surface area contributed by atoms with Crippen LogP contribution >= 0.6 is 11.3 Å². The number of carbonyl (C=O) groups excluding carboxylic acids is 1. The van der Waals surface area contributed by atoms with Crippen LogP contribution in [0.25, 0.3) is 11.5 Å². The van der Waals surface area contributed by atoms with Crippen LogP contribution in [-0.4, -0.2) is 15.8 Å². The predicted octanol–water partition coefficient (Wildman–Crippen LogP) is 1.41. The fraction of sp³-hybridized carbons (Fsp3) is 0. The molecule has 0 atom stereocenters. The summed E-state index contributed by atoms with van der Waals surface area (Å²) in [7, 11) is 0. The van der Waals surface area contributed by atoms with Crippen molar-refractivity contribution in [3.63, 3.8) is 0 Å². The monoisotopic (exact) mass is 239 g/mol. The van der Waals surface area contributed by atoms with Crippen LogP contribution in [0.4, 0.5) is 5.88 Å². The van der Waals surface area contributed by atoms with Gasteiger partial charge in [-0.1, -0.05) is 0 Å². The zero-order valence-corrected chi connectivity index (χ0v) is 8.56. The van der Waals surface area contributed by atoms with Gasteiger partial charge in [-0.2, -0.15) is 0 Å². The highest BCUT2D eigenvalue weighted by Crippen LogP contribution is 2.26. The van der Waals surface area contributed by atoms with Gasteiger partial charge in [-0.15, -0.1) is 11.3 Å². The minimum atomic E-state index is -0.648. The lowest BCUT2D eigenvalue weighted by atomic mass is 10.4. The van der Waals surface area contributed by atoms with Crippen LogP contribution < -0.4 is 5.73 Å². The molecule has 2 aromatic heterocycles. The molecule has 8 heteroatoms. The van der Waals surface area contributed by atoms with E-state index in [4.69, 9.17) is 10.2 Å². The number of primary amides is 1. The quantitative estimate of drug-likeness (QED) is 0.642.